The van der Waals surface area contributed by atoms with Crippen LogP contribution < -0.4 is 10.6 Å². The molecule has 0 bridgehead atoms. The minimum absolute atomic E-state index is 0.0359. The van der Waals surface area contributed by atoms with Crippen molar-refractivity contribution in [1.29, 1.82) is 0 Å². The summed E-state index contributed by atoms with van der Waals surface area (Å²) in [6.07, 6.45) is 0.949. The van der Waals surface area contributed by atoms with Crippen LogP contribution >= 0.6 is 0 Å². The van der Waals surface area contributed by atoms with Crippen LogP contribution in [0.2, 0.25) is 0 Å². The predicted molar refractivity (Wildman–Crippen MR) is 92.8 cm³/mol. The highest BCUT2D eigenvalue weighted by molar-refractivity contribution is 5.93. The number of aryl methyl sites for hydroxylation is 2. The Morgan fingerprint density at radius 1 is 1.08 bits per heavy atom. The molecule has 0 radical (unpaired) electrons. The third kappa shape index (κ3) is 4.68. The average molecular weight is 329 g/mol. The highest BCUT2D eigenvalue weighted by atomic mass is 16.5. The van der Waals surface area contributed by atoms with Gasteiger partial charge in [0.1, 0.15) is 5.76 Å². The SMILES string of the molecule is Cc1noc(C)c1CCC(=O)Nc1ccc(NC(=O)C(C)C)cc1. The number of hydrogen-bond donors (Lipinski definition) is 2. The summed E-state index contributed by atoms with van der Waals surface area (Å²) in [6.45, 7) is 7.39. The molecular weight excluding hydrogens is 306 g/mol. The zero-order chi connectivity index (χ0) is 17.7. The van der Waals surface area contributed by atoms with Gasteiger partial charge in [-0.25, -0.2) is 0 Å². The summed E-state index contributed by atoms with van der Waals surface area (Å²) >= 11 is 0. The van der Waals surface area contributed by atoms with E-state index in [2.05, 4.69) is 15.8 Å². The first-order chi connectivity index (χ1) is 11.4. The molecule has 0 spiro atoms. The maximum atomic E-state index is 12.1. The normalized spacial score (nSPS) is 10.7. The number of carbonyl (C=O) groups is 2. The Balaban J connectivity index is 1.87. The van der Waals surface area contributed by atoms with Crippen molar-refractivity contribution in [3.8, 4) is 0 Å². The number of nitrogens with one attached hydrogen (secondary N) is 2. The lowest BCUT2D eigenvalue weighted by Crippen LogP contribution is -2.17. The molecule has 24 heavy (non-hydrogen) atoms. The van der Waals surface area contributed by atoms with Gasteiger partial charge in [-0.1, -0.05) is 19.0 Å². The Morgan fingerprint density at radius 2 is 1.67 bits per heavy atom. The van der Waals surface area contributed by atoms with E-state index in [4.69, 9.17) is 4.52 Å². The average Bonchev–Trinajstić information content (AvgIpc) is 2.85. The molecule has 0 saturated carbocycles. The topological polar surface area (TPSA) is 84.2 Å². The number of aromatic nitrogens is 1. The minimum Gasteiger partial charge on any atom is -0.361 e. The molecule has 2 amide bonds. The number of hydrogen-bond acceptors (Lipinski definition) is 4. The third-order valence-electron chi connectivity index (χ3n) is 3.74. The second-order valence-corrected chi connectivity index (χ2v) is 6.07. The maximum Gasteiger partial charge on any atom is 0.226 e. The van der Waals surface area contributed by atoms with Crippen molar-refractivity contribution in [3.63, 3.8) is 0 Å². The first-order valence-corrected chi connectivity index (χ1v) is 7.99. The second-order valence-electron chi connectivity index (χ2n) is 6.07. The van der Waals surface area contributed by atoms with Crippen LogP contribution in [0, 0.1) is 19.8 Å². The Bertz CT molecular complexity index is 698. The van der Waals surface area contributed by atoms with Crippen LogP contribution in [0.25, 0.3) is 0 Å². The van der Waals surface area contributed by atoms with Crippen molar-refractivity contribution >= 4 is 23.2 Å². The first kappa shape index (κ1) is 17.7. The molecular formula is C18H23N3O3. The molecule has 1 aromatic carbocycles. The van der Waals surface area contributed by atoms with Crippen LogP contribution in [-0.4, -0.2) is 17.0 Å². The second kappa shape index (κ2) is 7.77. The van der Waals surface area contributed by atoms with Gasteiger partial charge in [0.25, 0.3) is 0 Å². The van der Waals surface area contributed by atoms with E-state index in [1.165, 1.54) is 0 Å². The first-order valence-electron chi connectivity index (χ1n) is 7.99. The third-order valence-corrected chi connectivity index (χ3v) is 3.74. The number of carbonyl (C=O) groups excluding carboxylic acids is 2. The number of amides is 2. The standard InChI is InChI=1S/C18H23N3O3/c1-11(2)18(23)20-15-7-5-14(6-8-15)19-17(22)10-9-16-12(3)21-24-13(16)4/h5-8,11H,9-10H2,1-4H3,(H,19,22)(H,20,23). The maximum absolute atomic E-state index is 12.1. The van der Waals surface area contributed by atoms with Crippen LogP contribution in [0.4, 0.5) is 11.4 Å². The minimum atomic E-state index is -0.0753. The van der Waals surface area contributed by atoms with Crippen molar-refractivity contribution in [2.24, 2.45) is 5.92 Å². The van der Waals surface area contributed by atoms with Crippen molar-refractivity contribution in [1.82, 2.24) is 5.16 Å². The number of anilines is 2. The smallest absolute Gasteiger partial charge is 0.226 e. The molecule has 0 fully saturated rings. The molecule has 0 aliphatic rings. The van der Waals surface area contributed by atoms with Gasteiger partial charge in [-0.15, -0.1) is 0 Å². The van der Waals surface area contributed by atoms with Gasteiger partial charge in [0, 0.05) is 29.3 Å². The highest BCUT2D eigenvalue weighted by Crippen LogP contribution is 2.17. The molecule has 0 aliphatic carbocycles. The van der Waals surface area contributed by atoms with Crippen molar-refractivity contribution in [2.75, 3.05) is 10.6 Å². The van der Waals surface area contributed by atoms with Crippen molar-refractivity contribution < 1.29 is 14.1 Å². The predicted octanol–water partition coefficient (Wildman–Crippen LogP) is 3.46. The molecule has 1 aromatic heterocycles. The van der Waals surface area contributed by atoms with E-state index < -0.39 is 0 Å². The zero-order valence-corrected chi connectivity index (χ0v) is 14.5. The van der Waals surface area contributed by atoms with E-state index in [0.29, 0.717) is 24.2 Å². The van der Waals surface area contributed by atoms with E-state index in [-0.39, 0.29) is 17.7 Å². The van der Waals surface area contributed by atoms with E-state index in [1.54, 1.807) is 24.3 Å². The summed E-state index contributed by atoms with van der Waals surface area (Å²) in [5, 5.41) is 9.54. The fraction of sp³-hybridized carbons (Fsp3) is 0.389. The molecule has 2 N–H and O–H groups in total. The molecule has 0 aliphatic heterocycles. The number of benzene rings is 1. The monoisotopic (exact) mass is 329 g/mol. The molecule has 2 rings (SSSR count). The summed E-state index contributed by atoms with van der Waals surface area (Å²) in [7, 11) is 0. The van der Waals surface area contributed by atoms with Gasteiger partial charge < -0.3 is 15.2 Å². The Kier molecular flexibility index (Phi) is 5.73. The lowest BCUT2D eigenvalue weighted by molar-refractivity contribution is -0.119. The van der Waals surface area contributed by atoms with Gasteiger partial charge in [0.05, 0.1) is 5.69 Å². The van der Waals surface area contributed by atoms with Gasteiger partial charge in [-0.2, -0.15) is 0 Å². The largest absolute Gasteiger partial charge is 0.361 e. The van der Waals surface area contributed by atoms with Gasteiger partial charge in [-0.3, -0.25) is 9.59 Å². The van der Waals surface area contributed by atoms with E-state index in [0.717, 1.165) is 17.0 Å². The Hall–Kier alpha value is -2.63. The van der Waals surface area contributed by atoms with E-state index >= 15 is 0 Å². The van der Waals surface area contributed by atoms with Crippen LogP contribution in [0.5, 0.6) is 0 Å². The highest BCUT2D eigenvalue weighted by Gasteiger charge is 2.11. The molecule has 2 aromatic rings. The Labute approximate surface area is 141 Å². The summed E-state index contributed by atoms with van der Waals surface area (Å²) in [4.78, 5) is 23.7. The molecule has 6 heteroatoms. The molecule has 6 nitrogen and oxygen atoms in total. The summed E-state index contributed by atoms with van der Waals surface area (Å²) in [5.41, 5.74) is 3.21. The summed E-state index contributed by atoms with van der Waals surface area (Å²) < 4.78 is 5.09. The van der Waals surface area contributed by atoms with Crippen LogP contribution in [0.15, 0.2) is 28.8 Å². The lowest BCUT2D eigenvalue weighted by atomic mass is 10.1. The van der Waals surface area contributed by atoms with Gasteiger partial charge >= 0.3 is 0 Å². The fourth-order valence-electron chi connectivity index (χ4n) is 2.24. The van der Waals surface area contributed by atoms with Crippen LogP contribution in [-0.2, 0) is 16.0 Å². The fourth-order valence-corrected chi connectivity index (χ4v) is 2.24. The lowest BCUT2D eigenvalue weighted by Gasteiger charge is -2.09. The summed E-state index contributed by atoms with van der Waals surface area (Å²) in [6, 6.07) is 7.07. The number of nitrogens with zero attached hydrogens (tertiary/aromatic N) is 1. The van der Waals surface area contributed by atoms with Gasteiger partial charge in [0.15, 0.2) is 0 Å². The molecule has 0 unspecified atom stereocenters. The van der Waals surface area contributed by atoms with Crippen molar-refractivity contribution in [2.45, 2.75) is 40.5 Å². The van der Waals surface area contributed by atoms with E-state index in [1.807, 2.05) is 27.7 Å². The Morgan fingerprint density at radius 3 is 2.17 bits per heavy atom. The van der Waals surface area contributed by atoms with Crippen LogP contribution in [0.3, 0.4) is 0 Å². The van der Waals surface area contributed by atoms with Crippen molar-refractivity contribution in [3.05, 3.63) is 41.3 Å². The van der Waals surface area contributed by atoms with Gasteiger partial charge in [-0.05, 0) is 44.5 Å². The number of rotatable bonds is 6. The molecule has 128 valence electrons. The van der Waals surface area contributed by atoms with E-state index in [9.17, 15) is 9.59 Å². The molecule has 0 saturated heterocycles. The molecule has 0 atom stereocenters. The van der Waals surface area contributed by atoms with Crippen LogP contribution in [0.1, 0.15) is 37.3 Å². The quantitative estimate of drug-likeness (QED) is 0.850. The molecule has 1 heterocycles. The summed E-state index contributed by atoms with van der Waals surface area (Å²) in [5.74, 6) is 0.569. The zero-order valence-electron chi connectivity index (χ0n) is 14.5. The van der Waals surface area contributed by atoms with Gasteiger partial charge in [0.2, 0.25) is 11.8 Å².